The summed E-state index contributed by atoms with van der Waals surface area (Å²) in [5.41, 5.74) is 5.30. The molecule has 0 saturated heterocycles. The molecule has 1 heterocycles. The largest absolute Gasteiger partial charge is 0.329 e. The van der Waals surface area contributed by atoms with E-state index in [0.29, 0.717) is 19.4 Å². The Labute approximate surface area is 94.9 Å². The Hall–Kier alpha value is -0.990. The first kappa shape index (κ1) is 13.1. The second kappa shape index (κ2) is 5.92. The van der Waals surface area contributed by atoms with Crippen LogP contribution in [0.4, 0.5) is 0 Å². The zero-order valence-corrected chi connectivity index (χ0v) is 10.00. The van der Waals surface area contributed by atoms with Crippen LogP contribution in [0.2, 0.25) is 0 Å². The summed E-state index contributed by atoms with van der Waals surface area (Å²) in [4.78, 5) is 3.94. The molecule has 0 aliphatic carbocycles. The number of rotatable bonds is 7. The quantitative estimate of drug-likeness (QED) is 0.535. The minimum atomic E-state index is -3.27. The molecular formula is C8H17N5O2S. The number of H-pyrrole nitrogens is 1. The number of hydrogen-bond donors (Lipinski definition) is 3. The molecule has 1 rings (SSSR count). The molecule has 1 atom stereocenters. The molecule has 1 aromatic rings. The first-order valence-corrected chi connectivity index (χ1v) is 6.63. The molecule has 7 nitrogen and oxygen atoms in total. The third kappa shape index (κ3) is 3.87. The van der Waals surface area contributed by atoms with Crippen LogP contribution in [0, 0.1) is 0 Å². The fourth-order valence-corrected chi connectivity index (χ4v) is 2.06. The van der Waals surface area contributed by atoms with E-state index in [4.69, 9.17) is 5.73 Å². The average molecular weight is 247 g/mol. The van der Waals surface area contributed by atoms with Gasteiger partial charge >= 0.3 is 0 Å². The molecule has 8 heteroatoms. The zero-order valence-electron chi connectivity index (χ0n) is 9.18. The van der Waals surface area contributed by atoms with Crippen LogP contribution in [0.15, 0.2) is 6.33 Å². The number of nitrogens with one attached hydrogen (secondary N) is 2. The third-order valence-corrected chi connectivity index (χ3v) is 4.08. The predicted octanol–water partition coefficient (Wildman–Crippen LogP) is -0.996. The molecule has 16 heavy (non-hydrogen) atoms. The van der Waals surface area contributed by atoms with Crippen LogP contribution in [0.3, 0.4) is 0 Å². The lowest BCUT2D eigenvalue weighted by atomic mass is 10.3. The monoisotopic (exact) mass is 247 g/mol. The van der Waals surface area contributed by atoms with Crippen LogP contribution in [0.1, 0.15) is 19.2 Å². The number of aryl methyl sites for hydroxylation is 1. The number of nitrogens with zero attached hydrogens (tertiary/aromatic N) is 2. The Bertz CT molecular complexity index is 389. The van der Waals surface area contributed by atoms with Gasteiger partial charge in [-0.15, -0.1) is 0 Å². The van der Waals surface area contributed by atoms with Gasteiger partial charge in [-0.1, -0.05) is 0 Å². The lowest BCUT2D eigenvalue weighted by Crippen LogP contribution is -2.37. The molecule has 0 fully saturated rings. The van der Waals surface area contributed by atoms with Crippen molar-refractivity contribution in [3.05, 3.63) is 12.2 Å². The number of aromatic nitrogens is 3. The molecule has 0 bridgehead atoms. The van der Waals surface area contributed by atoms with Gasteiger partial charge in [0.05, 0.1) is 5.25 Å². The summed E-state index contributed by atoms with van der Waals surface area (Å²) >= 11 is 0. The van der Waals surface area contributed by atoms with Crippen LogP contribution in [0.5, 0.6) is 0 Å². The topological polar surface area (TPSA) is 114 Å². The molecule has 1 unspecified atom stereocenters. The van der Waals surface area contributed by atoms with E-state index in [2.05, 4.69) is 19.9 Å². The molecule has 0 radical (unpaired) electrons. The molecule has 0 aliphatic rings. The number of hydrogen-bond acceptors (Lipinski definition) is 5. The van der Waals surface area contributed by atoms with E-state index >= 15 is 0 Å². The maximum Gasteiger partial charge on any atom is 0.215 e. The van der Waals surface area contributed by atoms with Gasteiger partial charge in [0.1, 0.15) is 12.2 Å². The van der Waals surface area contributed by atoms with E-state index in [1.54, 1.807) is 6.92 Å². The van der Waals surface area contributed by atoms with E-state index < -0.39 is 15.3 Å². The third-order valence-electron chi connectivity index (χ3n) is 2.22. The molecule has 0 aliphatic heterocycles. The van der Waals surface area contributed by atoms with Crippen LogP contribution in [-0.2, 0) is 16.4 Å². The Balaban J connectivity index is 2.25. The van der Waals surface area contributed by atoms with Crippen LogP contribution >= 0.6 is 0 Å². The molecule has 0 aromatic carbocycles. The van der Waals surface area contributed by atoms with Crippen molar-refractivity contribution in [3.63, 3.8) is 0 Å². The fraction of sp³-hybridized carbons (Fsp3) is 0.750. The van der Waals surface area contributed by atoms with Gasteiger partial charge < -0.3 is 5.73 Å². The van der Waals surface area contributed by atoms with Crippen molar-refractivity contribution in [2.45, 2.75) is 25.0 Å². The second-order valence-electron chi connectivity index (χ2n) is 3.52. The van der Waals surface area contributed by atoms with Gasteiger partial charge in [-0.2, -0.15) is 5.10 Å². The van der Waals surface area contributed by atoms with E-state index in [1.165, 1.54) is 6.33 Å². The Morgan fingerprint density at radius 1 is 1.62 bits per heavy atom. The van der Waals surface area contributed by atoms with Crippen molar-refractivity contribution in [2.75, 3.05) is 13.1 Å². The Kier molecular flexibility index (Phi) is 4.84. The molecule has 1 aromatic heterocycles. The zero-order chi connectivity index (χ0) is 12.0. The molecule has 92 valence electrons. The van der Waals surface area contributed by atoms with Crippen molar-refractivity contribution in [3.8, 4) is 0 Å². The van der Waals surface area contributed by atoms with E-state index in [0.717, 1.165) is 5.82 Å². The summed E-state index contributed by atoms with van der Waals surface area (Å²) in [6, 6.07) is 0. The van der Waals surface area contributed by atoms with Gasteiger partial charge in [-0.25, -0.2) is 18.1 Å². The summed E-state index contributed by atoms with van der Waals surface area (Å²) in [7, 11) is -3.27. The molecule has 0 spiro atoms. The van der Waals surface area contributed by atoms with Crippen molar-refractivity contribution in [1.82, 2.24) is 19.9 Å². The van der Waals surface area contributed by atoms with Gasteiger partial charge in [0, 0.05) is 19.5 Å². The standard InChI is InChI=1S/C8H17N5O2S/c1-7(5-9)16(14,15)12-4-2-3-8-10-6-11-13-8/h6-7,12H,2-5,9H2,1H3,(H,10,11,13). The van der Waals surface area contributed by atoms with Crippen LogP contribution in [0.25, 0.3) is 0 Å². The lowest BCUT2D eigenvalue weighted by molar-refractivity contribution is 0.566. The molecule has 0 amide bonds. The summed E-state index contributed by atoms with van der Waals surface area (Å²) < 4.78 is 25.5. The van der Waals surface area contributed by atoms with Crippen LogP contribution < -0.4 is 10.5 Å². The highest BCUT2D eigenvalue weighted by Gasteiger charge is 2.17. The van der Waals surface area contributed by atoms with Gasteiger partial charge in [0.2, 0.25) is 10.0 Å². The van der Waals surface area contributed by atoms with Gasteiger partial charge in [0.25, 0.3) is 0 Å². The highest BCUT2D eigenvalue weighted by Crippen LogP contribution is 1.97. The number of aromatic amines is 1. The Morgan fingerprint density at radius 2 is 2.38 bits per heavy atom. The number of nitrogens with two attached hydrogens (primary N) is 1. The normalized spacial score (nSPS) is 13.9. The first-order chi connectivity index (χ1) is 7.56. The highest BCUT2D eigenvalue weighted by atomic mass is 32.2. The highest BCUT2D eigenvalue weighted by molar-refractivity contribution is 7.90. The maximum atomic E-state index is 11.5. The summed E-state index contributed by atoms with van der Waals surface area (Å²) in [5, 5.41) is 5.85. The SMILES string of the molecule is CC(CN)S(=O)(=O)NCCCc1ncn[nH]1. The summed E-state index contributed by atoms with van der Waals surface area (Å²) in [5.74, 6) is 0.756. The summed E-state index contributed by atoms with van der Waals surface area (Å²) in [6.07, 6.45) is 2.77. The molecular weight excluding hydrogens is 230 g/mol. The van der Waals surface area contributed by atoms with Crippen molar-refractivity contribution in [2.24, 2.45) is 5.73 Å². The fourth-order valence-electron chi connectivity index (χ4n) is 1.09. The second-order valence-corrected chi connectivity index (χ2v) is 5.70. The van der Waals surface area contributed by atoms with Crippen molar-refractivity contribution >= 4 is 10.0 Å². The van der Waals surface area contributed by atoms with E-state index in [1.807, 2.05) is 0 Å². The Morgan fingerprint density at radius 3 is 2.94 bits per heavy atom. The number of sulfonamides is 1. The van der Waals surface area contributed by atoms with Gasteiger partial charge in [-0.3, -0.25) is 5.10 Å². The minimum absolute atomic E-state index is 0.122. The van der Waals surface area contributed by atoms with Crippen LogP contribution in [-0.4, -0.2) is 41.9 Å². The lowest BCUT2D eigenvalue weighted by Gasteiger charge is -2.11. The summed E-state index contributed by atoms with van der Waals surface area (Å²) in [6.45, 7) is 2.09. The van der Waals surface area contributed by atoms with Crippen molar-refractivity contribution in [1.29, 1.82) is 0 Å². The smallest absolute Gasteiger partial charge is 0.215 e. The van der Waals surface area contributed by atoms with Crippen molar-refractivity contribution < 1.29 is 8.42 Å². The minimum Gasteiger partial charge on any atom is -0.329 e. The molecule has 4 N–H and O–H groups in total. The van der Waals surface area contributed by atoms with E-state index in [9.17, 15) is 8.42 Å². The predicted molar refractivity (Wildman–Crippen MR) is 60.1 cm³/mol. The van der Waals surface area contributed by atoms with Gasteiger partial charge in [-0.05, 0) is 13.3 Å². The van der Waals surface area contributed by atoms with E-state index in [-0.39, 0.29) is 6.54 Å². The first-order valence-electron chi connectivity index (χ1n) is 5.09. The molecule has 0 saturated carbocycles. The maximum absolute atomic E-state index is 11.5. The average Bonchev–Trinajstić information content (AvgIpc) is 2.76. The van der Waals surface area contributed by atoms with Gasteiger partial charge in [0.15, 0.2) is 0 Å².